The number of nitriles is 1. The molecule has 89 heavy (non-hydrogen) atoms. The van der Waals surface area contributed by atoms with E-state index in [1.807, 2.05) is 60.7 Å². The Morgan fingerprint density at radius 3 is 1.81 bits per heavy atom. The molecule has 3 aromatic heterocycles. The van der Waals surface area contributed by atoms with E-state index in [1.54, 1.807) is 76.6 Å². The minimum Gasteiger partial charge on any atom is -0.497 e. The number of imidazole rings is 1. The molecule has 0 aliphatic carbocycles. The number of phosphoric acid groups is 2. The molecule has 0 radical (unpaired) electrons. The highest BCUT2D eigenvalue weighted by atomic mass is 35.5. The first-order valence-corrected chi connectivity index (χ1v) is 31.5. The molecule has 25 nitrogen and oxygen atoms in total. The SMILES string of the molecule is COc1ccc(C(OC[C@H]2O[C@@H](n3cnc4c(=O)[nH]c(NC(=O)C(C)C)nc43)C[C@@H]2OP(=O)(OC[C@H]2O[C@@H](n3cc(C)c(=O)[nH]c3=O)C[C@@H]2OP(=O)(OCCC#N)Oc2ccccc2Cl)Oc2ccccc2Cl)(c2ccccc2)c2ccc(OC)cc2)cc1. The second-order valence-corrected chi connectivity index (χ2v) is 24.6. The number of carbonyl (C=O) groups is 1. The molecule has 0 spiro atoms. The second kappa shape index (κ2) is 27.8. The number of methoxy groups -OCH3 is 2. The summed E-state index contributed by atoms with van der Waals surface area (Å²) in [6, 6.07) is 38.1. The number of amides is 1. The zero-order chi connectivity index (χ0) is 63.0. The monoisotopic (exact) mass is 1300 g/mol. The molecule has 0 saturated carbocycles. The van der Waals surface area contributed by atoms with Crippen LogP contribution in [0.4, 0.5) is 5.95 Å². The molecule has 2 unspecified atom stereocenters. The van der Waals surface area contributed by atoms with Gasteiger partial charge in [0, 0.05) is 30.5 Å². The number of ether oxygens (including phenoxy) is 5. The smallest absolute Gasteiger partial charge is 0.497 e. The van der Waals surface area contributed by atoms with E-state index in [2.05, 4.69) is 25.3 Å². The topological polar surface area (TPSA) is 307 Å². The minimum atomic E-state index is -5.16. The van der Waals surface area contributed by atoms with Crippen molar-refractivity contribution in [2.75, 3.05) is 39.4 Å². The van der Waals surface area contributed by atoms with E-state index in [0.29, 0.717) is 28.2 Å². The maximum absolute atomic E-state index is 16.1. The average Bonchev–Trinajstić information content (AvgIpc) is 1.63. The van der Waals surface area contributed by atoms with Crippen LogP contribution in [0.15, 0.2) is 154 Å². The van der Waals surface area contributed by atoms with E-state index < -0.39 is 100.0 Å². The van der Waals surface area contributed by atoms with Crippen molar-refractivity contribution in [3.8, 4) is 29.1 Å². The lowest BCUT2D eigenvalue weighted by Crippen LogP contribution is -2.38. The molecule has 2 saturated heterocycles. The maximum Gasteiger partial charge on any atom is 0.530 e. The summed E-state index contributed by atoms with van der Waals surface area (Å²) in [6.45, 7) is 3.26. The van der Waals surface area contributed by atoms with Crippen molar-refractivity contribution >= 4 is 61.9 Å². The van der Waals surface area contributed by atoms with Crippen LogP contribution in [0.2, 0.25) is 10.0 Å². The van der Waals surface area contributed by atoms with Gasteiger partial charge in [0.25, 0.3) is 11.1 Å². The number of hydrogen-bond acceptors (Lipinski definition) is 20. The summed E-state index contributed by atoms with van der Waals surface area (Å²) in [5, 5.41) is 12.1. The molecule has 0 bridgehead atoms. The Morgan fingerprint density at radius 2 is 1.26 bits per heavy atom. The first-order chi connectivity index (χ1) is 42.8. The molecular formula is C60H60Cl2N8O17P2. The number of phosphoric ester groups is 2. The fraction of sp³-hybridized carbons (Fsp3) is 0.317. The largest absolute Gasteiger partial charge is 0.530 e. The van der Waals surface area contributed by atoms with Crippen LogP contribution in [0, 0.1) is 24.2 Å². The lowest BCUT2D eigenvalue weighted by atomic mass is 9.80. The number of benzene rings is 5. The number of hydrogen-bond donors (Lipinski definition) is 3. The highest BCUT2D eigenvalue weighted by Crippen LogP contribution is 2.57. The molecule has 3 N–H and O–H groups in total. The predicted molar refractivity (Wildman–Crippen MR) is 324 cm³/mol. The van der Waals surface area contributed by atoms with E-state index in [0.717, 1.165) is 4.57 Å². The Kier molecular flexibility index (Phi) is 20.0. The Hall–Kier alpha value is -7.95. The molecule has 5 heterocycles. The summed E-state index contributed by atoms with van der Waals surface area (Å²) in [6.07, 6.45) is -6.01. The number of anilines is 1. The first-order valence-electron chi connectivity index (χ1n) is 27.8. The molecule has 8 atom stereocenters. The predicted octanol–water partition coefficient (Wildman–Crippen LogP) is 10.6. The van der Waals surface area contributed by atoms with Gasteiger partial charge in [0.05, 0.1) is 62.9 Å². The Balaban J connectivity index is 1.06. The molecule has 2 aliphatic heterocycles. The summed E-state index contributed by atoms with van der Waals surface area (Å²) in [7, 11) is -6.87. The van der Waals surface area contributed by atoms with Crippen LogP contribution in [0.25, 0.3) is 11.2 Å². The van der Waals surface area contributed by atoms with Gasteiger partial charge < -0.3 is 32.7 Å². The quantitative estimate of drug-likeness (QED) is 0.0258. The standard InChI is InChI=1S/C60H60Cl2N8O17P2/c1-36(2)55(71)66-58-65-54-53(57(73)67-58)64-35-70(54)52-31-47(49(82-52)33-79-60(38-14-7-6-8-15-38,39-20-24-41(77-4)25-21-39)40-22-26-42(78-5)27-23-40)87-89(76,85-46-19-12-10-17-44(46)62)81-34-50-48(30-51(83-50)69-32-37(3)56(72)68-59(69)74)86-88(75,80-29-13-28-63)84-45-18-11-9-16-43(45)61/h6-12,14-27,32,35-36,47-52H,13,29-31,33-34H2,1-5H3,(H,68,72,74)(H2,65,66,67,71,73)/t47-,48-,49+,50+,51+,52+,88?,89?/m0/s1. The summed E-state index contributed by atoms with van der Waals surface area (Å²) in [4.78, 5) is 66.2. The molecule has 466 valence electrons. The summed E-state index contributed by atoms with van der Waals surface area (Å²) < 4.78 is 102. The van der Waals surface area contributed by atoms with Crippen molar-refractivity contribution in [2.45, 2.75) is 82.5 Å². The number of para-hydroxylation sites is 2. The van der Waals surface area contributed by atoms with Crippen LogP contribution < -0.4 is 40.6 Å². The van der Waals surface area contributed by atoms with E-state index >= 15 is 4.57 Å². The van der Waals surface area contributed by atoms with Gasteiger partial charge in [0.1, 0.15) is 65.5 Å². The zero-order valence-corrected chi connectivity index (χ0v) is 51.7. The van der Waals surface area contributed by atoms with Crippen LogP contribution in [0.1, 0.15) is 67.8 Å². The zero-order valence-electron chi connectivity index (χ0n) is 48.4. The molecule has 29 heteroatoms. The van der Waals surface area contributed by atoms with E-state index in [-0.39, 0.29) is 70.1 Å². The minimum absolute atomic E-state index is 0.00292. The first kappa shape index (κ1) is 64.0. The number of H-pyrrole nitrogens is 2. The average molecular weight is 1300 g/mol. The van der Waals surface area contributed by atoms with Crippen LogP contribution >= 0.6 is 38.8 Å². The van der Waals surface area contributed by atoms with Crippen molar-refractivity contribution in [2.24, 2.45) is 5.92 Å². The van der Waals surface area contributed by atoms with E-state index in [1.165, 1.54) is 48.3 Å². The summed E-state index contributed by atoms with van der Waals surface area (Å²) >= 11 is 13.1. The van der Waals surface area contributed by atoms with Gasteiger partial charge in [-0.2, -0.15) is 10.2 Å². The molecule has 8 aromatic rings. The van der Waals surface area contributed by atoms with Crippen LogP contribution in [-0.4, -0.2) is 93.4 Å². The van der Waals surface area contributed by atoms with Crippen molar-refractivity contribution in [1.29, 1.82) is 5.26 Å². The molecule has 2 fully saturated rings. The van der Waals surface area contributed by atoms with Crippen molar-refractivity contribution in [1.82, 2.24) is 29.1 Å². The third kappa shape index (κ3) is 14.6. The Labute approximate surface area is 518 Å². The van der Waals surface area contributed by atoms with Crippen molar-refractivity contribution in [3.05, 3.63) is 203 Å². The number of rotatable bonds is 26. The van der Waals surface area contributed by atoms with Crippen LogP contribution in [-0.2, 0) is 51.8 Å². The highest BCUT2D eigenvalue weighted by molar-refractivity contribution is 7.49. The molecular weight excluding hydrogens is 1240 g/mol. The third-order valence-electron chi connectivity index (χ3n) is 14.4. The fourth-order valence-corrected chi connectivity index (χ4v) is 13.3. The van der Waals surface area contributed by atoms with Crippen molar-refractivity contribution in [3.63, 3.8) is 0 Å². The number of carbonyl (C=O) groups excluding carboxylic acids is 1. The number of aromatic amines is 2. The number of aromatic nitrogens is 6. The highest BCUT2D eigenvalue weighted by Gasteiger charge is 2.50. The number of nitrogens with zero attached hydrogens (tertiary/aromatic N) is 5. The van der Waals surface area contributed by atoms with Gasteiger partial charge in [0.15, 0.2) is 11.2 Å². The van der Waals surface area contributed by atoms with E-state index in [4.69, 9.17) is 74.0 Å². The van der Waals surface area contributed by atoms with Gasteiger partial charge in [-0.05, 0) is 72.1 Å². The fourth-order valence-electron chi connectivity index (χ4n) is 9.94. The van der Waals surface area contributed by atoms with Gasteiger partial charge in [-0.1, -0.05) is 116 Å². The van der Waals surface area contributed by atoms with E-state index in [9.17, 15) is 29.0 Å². The Bertz CT molecular complexity index is 4100. The molecule has 10 rings (SSSR count). The van der Waals surface area contributed by atoms with Gasteiger partial charge >= 0.3 is 21.3 Å². The maximum atomic E-state index is 16.1. The van der Waals surface area contributed by atoms with Gasteiger partial charge in [-0.3, -0.25) is 56.9 Å². The normalized spacial score (nSPS) is 19.7. The molecule has 1 amide bonds. The second-order valence-electron chi connectivity index (χ2n) is 20.7. The molecule has 2 aliphatic rings. The van der Waals surface area contributed by atoms with Crippen LogP contribution in [0.5, 0.6) is 23.0 Å². The Morgan fingerprint density at radius 1 is 0.730 bits per heavy atom. The number of halogens is 2. The van der Waals surface area contributed by atoms with Crippen molar-refractivity contribution < 1.29 is 64.8 Å². The molecule has 5 aromatic carbocycles. The van der Waals surface area contributed by atoms with Gasteiger partial charge in [-0.15, -0.1) is 0 Å². The van der Waals surface area contributed by atoms with Gasteiger partial charge in [-0.25, -0.2) is 18.9 Å². The summed E-state index contributed by atoms with van der Waals surface area (Å²) in [5.41, 5.74) is -1.61. The number of nitrogens with one attached hydrogen (secondary N) is 3. The lowest BCUT2D eigenvalue weighted by Gasteiger charge is -2.37. The van der Waals surface area contributed by atoms with Crippen LogP contribution in [0.3, 0.4) is 0 Å². The number of aryl methyl sites for hydroxylation is 1. The third-order valence-corrected chi connectivity index (χ3v) is 17.9. The lowest BCUT2D eigenvalue weighted by molar-refractivity contribution is -0.118. The number of fused-ring (bicyclic) bond motifs is 1. The summed E-state index contributed by atoms with van der Waals surface area (Å²) in [5.74, 6) is -0.177. The van der Waals surface area contributed by atoms with Gasteiger partial charge in [0.2, 0.25) is 11.9 Å².